The smallest absolute Gasteiger partial charge is 0.335 e. The van der Waals surface area contributed by atoms with Crippen LogP contribution in [0.25, 0.3) is 0 Å². The lowest BCUT2D eigenvalue weighted by molar-refractivity contribution is -0.156. The maximum Gasteiger partial charge on any atom is 0.335 e. The Morgan fingerprint density at radius 1 is 1.47 bits per heavy atom. The lowest BCUT2D eigenvalue weighted by Crippen LogP contribution is -2.27. The standard InChI is InChI=1S/C13H14FNO4/c14-9-3-1-4-10(7-9)15-12(16)8-19-13(17)11-5-2-6-18-11/h1,3-4,7,11H,2,5-6,8H2,(H,15,16)/t11-/m1/s1. The number of halogens is 1. The largest absolute Gasteiger partial charge is 0.454 e. The van der Waals surface area contributed by atoms with E-state index in [2.05, 4.69) is 5.32 Å². The lowest BCUT2D eigenvalue weighted by Gasteiger charge is -2.09. The van der Waals surface area contributed by atoms with E-state index in [1.165, 1.54) is 18.2 Å². The zero-order chi connectivity index (χ0) is 13.7. The average molecular weight is 267 g/mol. The molecule has 0 saturated carbocycles. The second kappa shape index (κ2) is 6.29. The normalized spacial score (nSPS) is 18.1. The fourth-order valence-electron chi connectivity index (χ4n) is 1.76. The molecule has 2 rings (SSSR count). The minimum Gasteiger partial charge on any atom is -0.454 e. The Hall–Kier alpha value is -1.95. The second-order valence-electron chi connectivity index (χ2n) is 4.17. The topological polar surface area (TPSA) is 64.6 Å². The Bertz CT molecular complexity index is 471. The van der Waals surface area contributed by atoms with E-state index < -0.39 is 30.4 Å². The van der Waals surface area contributed by atoms with Crippen LogP contribution < -0.4 is 5.32 Å². The Balaban J connectivity index is 1.76. The van der Waals surface area contributed by atoms with Crippen molar-refractivity contribution in [2.45, 2.75) is 18.9 Å². The number of amides is 1. The van der Waals surface area contributed by atoms with Crippen molar-refractivity contribution in [1.82, 2.24) is 0 Å². The monoisotopic (exact) mass is 267 g/mol. The van der Waals surface area contributed by atoms with Crippen molar-refractivity contribution in [3.63, 3.8) is 0 Å². The molecule has 1 aromatic rings. The van der Waals surface area contributed by atoms with Crippen molar-refractivity contribution in [3.05, 3.63) is 30.1 Å². The summed E-state index contributed by atoms with van der Waals surface area (Å²) < 4.78 is 22.8. The van der Waals surface area contributed by atoms with Gasteiger partial charge in [-0.2, -0.15) is 0 Å². The SMILES string of the molecule is O=C(COC(=O)[C@H]1CCCO1)Nc1cccc(F)c1. The molecule has 1 aromatic carbocycles. The number of carbonyl (C=O) groups excluding carboxylic acids is 2. The van der Waals surface area contributed by atoms with Crippen LogP contribution in [0.3, 0.4) is 0 Å². The minimum absolute atomic E-state index is 0.318. The van der Waals surface area contributed by atoms with Gasteiger partial charge in [-0.1, -0.05) is 6.07 Å². The molecule has 1 saturated heterocycles. The van der Waals surface area contributed by atoms with Gasteiger partial charge in [-0.3, -0.25) is 4.79 Å². The first kappa shape index (κ1) is 13.5. The van der Waals surface area contributed by atoms with Crippen LogP contribution in [0.15, 0.2) is 24.3 Å². The molecule has 1 heterocycles. The quantitative estimate of drug-likeness (QED) is 0.839. The minimum atomic E-state index is -0.568. The number of benzene rings is 1. The highest BCUT2D eigenvalue weighted by Crippen LogP contribution is 2.13. The molecule has 1 atom stereocenters. The summed E-state index contributed by atoms with van der Waals surface area (Å²) in [7, 11) is 0. The third-order valence-corrected chi connectivity index (χ3v) is 2.65. The first-order valence-corrected chi connectivity index (χ1v) is 5.99. The summed E-state index contributed by atoms with van der Waals surface area (Å²) in [5, 5.41) is 2.43. The van der Waals surface area contributed by atoms with Crippen molar-refractivity contribution in [2.75, 3.05) is 18.5 Å². The summed E-state index contributed by atoms with van der Waals surface area (Å²) in [6.45, 7) is 0.129. The second-order valence-corrected chi connectivity index (χ2v) is 4.17. The van der Waals surface area contributed by atoms with Crippen molar-refractivity contribution < 1.29 is 23.5 Å². The Morgan fingerprint density at radius 3 is 3.00 bits per heavy atom. The van der Waals surface area contributed by atoms with Crippen molar-refractivity contribution in [2.24, 2.45) is 0 Å². The van der Waals surface area contributed by atoms with Crippen molar-refractivity contribution in [3.8, 4) is 0 Å². The van der Waals surface area contributed by atoms with Crippen molar-refractivity contribution in [1.29, 1.82) is 0 Å². The van der Waals surface area contributed by atoms with Gasteiger partial charge in [0.2, 0.25) is 0 Å². The predicted molar refractivity (Wildman–Crippen MR) is 65.0 cm³/mol. The summed E-state index contributed by atoms with van der Waals surface area (Å²) in [5.41, 5.74) is 0.318. The molecule has 1 aliphatic rings. The van der Waals surface area contributed by atoms with E-state index in [0.29, 0.717) is 18.7 Å². The average Bonchev–Trinajstić information content (AvgIpc) is 2.90. The van der Waals surface area contributed by atoms with Crippen LogP contribution >= 0.6 is 0 Å². The highest BCUT2D eigenvalue weighted by molar-refractivity contribution is 5.93. The molecular weight excluding hydrogens is 253 g/mol. The molecular formula is C13H14FNO4. The van der Waals surface area contributed by atoms with Gasteiger partial charge in [0.1, 0.15) is 5.82 Å². The first-order chi connectivity index (χ1) is 9.15. The maximum absolute atomic E-state index is 12.9. The summed E-state index contributed by atoms with van der Waals surface area (Å²) in [6.07, 6.45) is 0.863. The fraction of sp³-hybridized carbons (Fsp3) is 0.385. The highest BCUT2D eigenvalue weighted by Gasteiger charge is 2.25. The maximum atomic E-state index is 12.9. The number of anilines is 1. The Labute approximate surface area is 109 Å². The van der Waals surface area contributed by atoms with Crippen LogP contribution in [0.1, 0.15) is 12.8 Å². The van der Waals surface area contributed by atoms with Gasteiger partial charge in [0.05, 0.1) is 0 Å². The van der Waals surface area contributed by atoms with Gasteiger partial charge >= 0.3 is 5.97 Å². The number of carbonyl (C=O) groups is 2. The van der Waals surface area contributed by atoms with Gasteiger partial charge in [0.15, 0.2) is 12.7 Å². The molecule has 5 nitrogen and oxygen atoms in total. The predicted octanol–water partition coefficient (Wildman–Crippen LogP) is 1.49. The van der Waals surface area contributed by atoms with Gasteiger partial charge in [0.25, 0.3) is 5.91 Å². The number of esters is 1. The summed E-state index contributed by atoms with van der Waals surface area (Å²) in [6, 6.07) is 5.47. The van der Waals surface area contributed by atoms with E-state index in [4.69, 9.17) is 9.47 Å². The van der Waals surface area contributed by atoms with E-state index in [-0.39, 0.29) is 0 Å². The molecule has 1 N–H and O–H groups in total. The van der Waals surface area contributed by atoms with Gasteiger partial charge < -0.3 is 14.8 Å². The molecule has 102 valence electrons. The first-order valence-electron chi connectivity index (χ1n) is 5.99. The zero-order valence-electron chi connectivity index (χ0n) is 10.2. The summed E-state index contributed by atoms with van der Waals surface area (Å²) in [4.78, 5) is 23.0. The van der Waals surface area contributed by atoms with E-state index in [9.17, 15) is 14.0 Å². The molecule has 0 bridgehead atoms. The molecule has 0 spiro atoms. The number of hydrogen-bond donors (Lipinski definition) is 1. The summed E-state index contributed by atoms with van der Waals surface area (Å²) >= 11 is 0. The van der Waals surface area contributed by atoms with Crippen LogP contribution in [-0.2, 0) is 19.1 Å². The third kappa shape index (κ3) is 4.03. The molecule has 0 radical (unpaired) electrons. The molecule has 19 heavy (non-hydrogen) atoms. The number of nitrogens with one attached hydrogen (secondary N) is 1. The lowest BCUT2D eigenvalue weighted by atomic mass is 10.2. The van der Waals surface area contributed by atoms with E-state index >= 15 is 0 Å². The number of rotatable bonds is 4. The van der Waals surface area contributed by atoms with Crippen LogP contribution in [-0.4, -0.2) is 31.2 Å². The third-order valence-electron chi connectivity index (χ3n) is 2.65. The molecule has 1 amide bonds. The van der Waals surface area contributed by atoms with Gasteiger partial charge in [-0.15, -0.1) is 0 Å². The molecule has 0 unspecified atom stereocenters. The summed E-state index contributed by atoms with van der Waals surface area (Å²) in [5.74, 6) is -1.50. The van der Waals surface area contributed by atoms with Crippen LogP contribution in [0.2, 0.25) is 0 Å². The number of ether oxygens (including phenoxy) is 2. The van der Waals surface area contributed by atoms with Crippen LogP contribution in [0.5, 0.6) is 0 Å². The van der Waals surface area contributed by atoms with Gasteiger partial charge in [-0.05, 0) is 31.0 Å². The van der Waals surface area contributed by atoms with E-state index in [1.54, 1.807) is 6.07 Å². The van der Waals surface area contributed by atoms with Gasteiger partial charge in [-0.25, -0.2) is 9.18 Å². The van der Waals surface area contributed by atoms with E-state index in [0.717, 1.165) is 6.42 Å². The molecule has 1 aliphatic heterocycles. The zero-order valence-corrected chi connectivity index (χ0v) is 10.2. The number of hydrogen-bond acceptors (Lipinski definition) is 4. The van der Waals surface area contributed by atoms with Crippen LogP contribution in [0.4, 0.5) is 10.1 Å². The molecule has 0 aromatic heterocycles. The fourth-order valence-corrected chi connectivity index (χ4v) is 1.76. The Kier molecular flexibility index (Phi) is 4.46. The van der Waals surface area contributed by atoms with Crippen molar-refractivity contribution >= 4 is 17.6 Å². The van der Waals surface area contributed by atoms with Crippen LogP contribution in [0, 0.1) is 5.82 Å². The molecule has 6 heteroatoms. The molecule has 1 fully saturated rings. The Morgan fingerprint density at radius 2 is 2.32 bits per heavy atom. The highest BCUT2D eigenvalue weighted by atomic mass is 19.1. The van der Waals surface area contributed by atoms with E-state index in [1.807, 2.05) is 0 Å². The molecule has 0 aliphatic carbocycles. The van der Waals surface area contributed by atoms with Gasteiger partial charge in [0, 0.05) is 12.3 Å².